The summed E-state index contributed by atoms with van der Waals surface area (Å²) in [6.07, 6.45) is 11.9. The molecule has 2 aromatic carbocycles. The average molecular weight is 593 g/mol. The lowest BCUT2D eigenvalue weighted by Crippen LogP contribution is -2.55. The summed E-state index contributed by atoms with van der Waals surface area (Å²) in [6.45, 7) is 6.63. The van der Waals surface area contributed by atoms with Crippen LogP contribution in [-0.2, 0) is 10.2 Å². The number of para-hydroxylation sites is 2. The molecule has 44 heavy (non-hydrogen) atoms. The molecule has 0 saturated carbocycles. The van der Waals surface area contributed by atoms with Crippen molar-refractivity contribution in [1.82, 2.24) is 24.3 Å². The second kappa shape index (κ2) is 12.7. The van der Waals surface area contributed by atoms with Crippen molar-refractivity contribution in [3.63, 3.8) is 0 Å². The van der Waals surface area contributed by atoms with Gasteiger partial charge in [0.15, 0.2) is 0 Å². The molecular formula is C37H48N6O. The zero-order valence-electron chi connectivity index (χ0n) is 26.4. The van der Waals surface area contributed by atoms with Crippen LogP contribution >= 0.6 is 0 Å². The van der Waals surface area contributed by atoms with E-state index in [1.54, 1.807) is 0 Å². The Bertz CT molecular complexity index is 1470. The SMILES string of the molecule is Cc1nc2ccccc2n1C1CC2CCC(C1)N2CCC1(c2ccccc2)CCN(C(=O)C2CCCCN2CCC#N)CC1. The number of imidazole rings is 1. The van der Waals surface area contributed by atoms with Crippen LogP contribution in [0.15, 0.2) is 54.6 Å². The van der Waals surface area contributed by atoms with Crippen molar-refractivity contribution in [3.8, 4) is 6.07 Å². The van der Waals surface area contributed by atoms with Crippen molar-refractivity contribution >= 4 is 16.9 Å². The van der Waals surface area contributed by atoms with E-state index in [1.165, 1.54) is 36.8 Å². The van der Waals surface area contributed by atoms with E-state index in [0.717, 1.165) is 76.0 Å². The lowest BCUT2D eigenvalue weighted by molar-refractivity contribution is -0.140. The Hall–Kier alpha value is -3.21. The maximum Gasteiger partial charge on any atom is 0.239 e. The Kier molecular flexibility index (Phi) is 8.48. The first-order chi connectivity index (χ1) is 21.6. The van der Waals surface area contributed by atoms with Gasteiger partial charge < -0.3 is 9.47 Å². The summed E-state index contributed by atoms with van der Waals surface area (Å²) >= 11 is 0. The second-order valence-electron chi connectivity index (χ2n) is 13.9. The van der Waals surface area contributed by atoms with Gasteiger partial charge in [-0.3, -0.25) is 14.6 Å². The van der Waals surface area contributed by atoms with Crippen LogP contribution in [-0.4, -0.2) is 81.0 Å². The number of amides is 1. The molecule has 7 heteroatoms. The van der Waals surface area contributed by atoms with Gasteiger partial charge in [0.1, 0.15) is 5.82 Å². The molecule has 0 aliphatic carbocycles. The van der Waals surface area contributed by atoms with Gasteiger partial charge in [-0.25, -0.2) is 4.98 Å². The number of aromatic nitrogens is 2. The molecule has 3 aromatic rings. The maximum absolute atomic E-state index is 13.8. The molecule has 3 unspecified atom stereocenters. The van der Waals surface area contributed by atoms with Crippen molar-refractivity contribution < 1.29 is 4.79 Å². The summed E-state index contributed by atoms with van der Waals surface area (Å²) in [6, 6.07) is 23.8. The fourth-order valence-corrected chi connectivity index (χ4v) is 9.36. The van der Waals surface area contributed by atoms with Gasteiger partial charge >= 0.3 is 0 Å². The number of hydrogen-bond donors (Lipinski definition) is 0. The van der Waals surface area contributed by atoms with E-state index in [4.69, 9.17) is 10.2 Å². The molecule has 4 saturated heterocycles. The minimum Gasteiger partial charge on any atom is -0.341 e. The smallest absolute Gasteiger partial charge is 0.239 e. The van der Waals surface area contributed by atoms with Gasteiger partial charge in [0.2, 0.25) is 5.91 Å². The van der Waals surface area contributed by atoms with E-state index in [0.29, 0.717) is 37.0 Å². The topological polar surface area (TPSA) is 68.4 Å². The van der Waals surface area contributed by atoms with Crippen LogP contribution in [0, 0.1) is 18.3 Å². The first kappa shape index (κ1) is 29.5. The first-order valence-corrected chi connectivity index (χ1v) is 17.2. The average Bonchev–Trinajstić information content (AvgIpc) is 3.53. The molecule has 7 rings (SSSR count). The standard InChI is InChI=1S/C37H48N6O/c1-28-39-33-12-5-6-13-34(33)43(28)32-26-30-15-16-31(27-32)42(30)25-19-37(29-10-3-2-4-11-29)17-23-41(24-18-37)36(44)35-14-7-8-21-40(35)22-9-20-38/h2-6,10-13,30-32,35H,7-9,14-19,21-27H2,1H3. The van der Waals surface area contributed by atoms with Gasteiger partial charge in [-0.05, 0) is 101 Å². The molecule has 7 nitrogen and oxygen atoms in total. The number of carbonyl (C=O) groups is 1. The Balaban J connectivity index is 1.03. The van der Waals surface area contributed by atoms with Crippen LogP contribution in [0.3, 0.4) is 0 Å². The third-order valence-electron chi connectivity index (χ3n) is 11.7. The lowest BCUT2D eigenvalue weighted by Gasteiger charge is -2.47. The fourth-order valence-electron chi connectivity index (χ4n) is 9.36. The predicted octanol–water partition coefficient (Wildman–Crippen LogP) is 6.23. The number of rotatable bonds is 8. The van der Waals surface area contributed by atoms with Crippen molar-refractivity contribution in [3.05, 3.63) is 66.0 Å². The lowest BCUT2D eigenvalue weighted by atomic mass is 9.70. The Morgan fingerprint density at radius 1 is 0.909 bits per heavy atom. The van der Waals surface area contributed by atoms with Crippen LogP contribution in [0.4, 0.5) is 0 Å². The molecule has 1 aromatic heterocycles. The molecule has 0 N–H and O–H groups in total. The number of hydrogen-bond acceptors (Lipinski definition) is 5. The van der Waals surface area contributed by atoms with Crippen molar-refractivity contribution in [1.29, 1.82) is 5.26 Å². The molecule has 2 bridgehead atoms. The Morgan fingerprint density at radius 2 is 1.64 bits per heavy atom. The largest absolute Gasteiger partial charge is 0.341 e. The number of benzene rings is 2. The van der Waals surface area contributed by atoms with Gasteiger partial charge in [0.25, 0.3) is 0 Å². The minimum atomic E-state index is -0.0468. The molecule has 0 radical (unpaired) electrons. The highest BCUT2D eigenvalue weighted by Crippen LogP contribution is 2.45. The molecule has 232 valence electrons. The summed E-state index contributed by atoms with van der Waals surface area (Å²) in [5.41, 5.74) is 3.96. The molecular weight excluding hydrogens is 544 g/mol. The van der Waals surface area contributed by atoms with Crippen LogP contribution in [0.5, 0.6) is 0 Å². The van der Waals surface area contributed by atoms with Gasteiger partial charge in [0.05, 0.1) is 23.1 Å². The molecule has 4 fully saturated rings. The third-order valence-corrected chi connectivity index (χ3v) is 11.7. The summed E-state index contributed by atoms with van der Waals surface area (Å²) in [4.78, 5) is 26.0. The highest BCUT2D eigenvalue weighted by Gasteiger charge is 2.44. The summed E-state index contributed by atoms with van der Waals surface area (Å²) in [7, 11) is 0. The van der Waals surface area contributed by atoms with Gasteiger partial charge in [-0.15, -0.1) is 0 Å². The zero-order chi connectivity index (χ0) is 30.1. The monoisotopic (exact) mass is 592 g/mol. The number of nitrogens with zero attached hydrogens (tertiary/aromatic N) is 6. The van der Waals surface area contributed by atoms with Crippen LogP contribution < -0.4 is 0 Å². The number of likely N-dealkylation sites (tertiary alicyclic amines) is 2. The second-order valence-corrected chi connectivity index (χ2v) is 13.9. The fraction of sp³-hybridized carbons (Fsp3) is 0.595. The van der Waals surface area contributed by atoms with E-state index in [9.17, 15) is 4.79 Å². The van der Waals surface area contributed by atoms with Crippen LogP contribution in [0.1, 0.15) is 88.1 Å². The molecule has 0 spiro atoms. The summed E-state index contributed by atoms with van der Waals surface area (Å²) < 4.78 is 2.53. The highest BCUT2D eigenvalue weighted by molar-refractivity contribution is 5.82. The number of carbonyl (C=O) groups excluding carboxylic acids is 1. The predicted molar refractivity (Wildman–Crippen MR) is 174 cm³/mol. The molecule has 1 amide bonds. The minimum absolute atomic E-state index is 0.0468. The normalized spacial score (nSPS) is 27.4. The highest BCUT2D eigenvalue weighted by atomic mass is 16.2. The zero-order valence-corrected chi connectivity index (χ0v) is 26.4. The molecule has 3 atom stereocenters. The van der Waals surface area contributed by atoms with E-state index in [-0.39, 0.29) is 11.5 Å². The number of nitriles is 1. The molecule has 4 aliphatic heterocycles. The van der Waals surface area contributed by atoms with Crippen LogP contribution in [0.2, 0.25) is 0 Å². The van der Waals surface area contributed by atoms with Crippen molar-refractivity contribution in [2.75, 3.05) is 32.7 Å². The summed E-state index contributed by atoms with van der Waals surface area (Å²) in [5.74, 6) is 1.45. The quantitative estimate of drug-likeness (QED) is 0.310. The van der Waals surface area contributed by atoms with Gasteiger partial charge in [0, 0.05) is 44.2 Å². The van der Waals surface area contributed by atoms with E-state index < -0.39 is 0 Å². The number of piperidine rings is 3. The van der Waals surface area contributed by atoms with Crippen LogP contribution in [0.25, 0.3) is 11.0 Å². The van der Waals surface area contributed by atoms with E-state index >= 15 is 0 Å². The van der Waals surface area contributed by atoms with Crippen molar-refractivity contribution in [2.45, 2.75) is 107 Å². The number of aryl methyl sites for hydroxylation is 1. The van der Waals surface area contributed by atoms with E-state index in [1.807, 2.05) is 0 Å². The van der Waals surface area contributed by atoms with Gasteiger partial charge in [-0.2, -0.15) is 5.26 Å². The molecule has 4 aliphatic rings. The number of fused-ring (bicyclic) bond motifs is 3. The molecule has 5 heterocycles. The Labute approximate surface area is 262 Å². The van der Waals surface area contributed by atoms with E-state index in [2.05, 4.69) is 86.9 Å². The maximum atomic E-state index is 13.8. The summed E-state index contributed by atoms with van der Waals surface area (Å²) in [5, 5.41) is 9.14. The third kappa shape index (κ3) is 5.56. The van der Waals surface area contributed by atoms with Gasteiger partial charge in [-0.1, -0.05) is 48.9 Å². The first-order valence-electron chi connectivity index (χ1n) is 17.2. The van der Waals surface area contributed by atoms with Crippen molar-refractivity contribution in [2.24, 2.45) is 0 Å². The Morgan fingerprint density at radius 3 is 2.39 bits per heavy atom.